The Balaban J connectivity index is 1.73. The van der Waals surface area contributed by atoms with Crippen molar-refractivity contribution >= 4 is 28.8 Å². The van der Waals surface area contributed by atoms with E-state index in [1.165, 1.54) is 35.4 Å². The van der Waals surface area contributed by atoms with Crippen molar-refractivity contribution in [3.05, 3.63) is 56.2 Å². The summed E-state index contributed by atoms with van der Waals surface area (Å²) in [5, 5.41) is 3.24. The maximum atomic E-state index is 13.2. The topological polar surface area (TPSA) is 90.9 Å². The van der Waals surface area contributed by atoms with Crippen molar-refractivity contribution in [1.82, 2.24) is 24.0 Å². The number of fused-ring (bicyclic) bond motifs is 1. The van der Waals surface area contributed by atoms with E-state index in [2.05, 4.69) is 10.3 Å². The number of hydrogen-bond donors (Lipinski definition) is 1. The summed E-state index contributed by atoms with van der Waals surface area (Å²) in [6.07, 6.45) is -0.501. The zero-order valence-electron chi connectivity index (χ0n) is 18.7. The lowest BCUT2D eigenvalue weighted by Crippen LogP contribution is -2.37. The summed E-state index contributed by atoms with van der Waals surface area (Å²) >= 11 is 1.08. The van der Waals surface area contributed by atoms with Crippen LogP contribution < -0.4 is 16.6 Å². The normalized spacial score (nSPS) is 14.7. The summed E-state index contributed by atoms with van der Waals surface area (Å²) in [6, 6.07) is 4.95. The van der Waals surface area contributed by atoms with Crippen LogP contribution in [-0.2, 0) is 31.6 Å². The Labute approximate surface area is 196 Å². The Morgan fingerprint density at radius 1 is 1.18 bits per heavy atom. The Hall–Kier alpha value is -3.02. The number of aryl methyl sites for hydroxylation is 1. The second-order valence-corrected chi connectivity index (χ2v) is 9.34. The van der Waals surface area contributed by atoms with Gasteiger partial charge in [0.2, 0.25) is 5.91 Å². The van der Waals surface area contributed by atoms with E-state index < -0.39 is 23.0 Å². The summed E-state index contributed by atoms with van der Waals surface area (Å²) in [5.41, 5.74) is -1.49. The van der Waals surface area contributed by atoms with Crippen LogP contribution in [-0.4, -0.2) is 36.4 Å². The first-order chi connectivity index (χ1) is 16.1. The number of benzene rings is 1. The van der Waals surface area contributed by atoms with Gasteiger partial charge in [-0.2, -0.15) is 13.2 Å². The third kappa shape index (κ3) is 4.77. The number of hydrogen-bond acceptors (Lipinski definition) is 5. The Morgan fingerprint density at radius 3 is 2.56 bits per heavy atom. The molecule has 0 atom stereocenters. The minimum absolute atomic E-state index is 0.0245. The molecule has 8 nitrogen and oxygen atoms in total. The predicted molar refractivity (Wildman–Crippen MR) is 122 cm³/mol. The van der Waals surface area contributed by atoms with Gasteiger partial charge >= 0.3 is 11.9 Å². The molecule has 1 fully saturated rings. The molecule has 0 unspecified atom stereocenters. The molecule has 0 radical (unpaired) electrons. The van der Waals surface area contributed by atoms with Gasteiger partial charge in [-0.25, -0.2) is 9.78 Å². The highest BCUT2D eigenvalue weighted by molar-refractivity contribution is 7.99. The first-order valence-electron chi connectivity index (χ1n) is 10.8. The average Bonchev–Trinajstić information content (AvgIpc) is 3.42. The number of amides is 1. The van der Waals surface area contributed by atoms with Gasteiger partial charge in [-0.1, -0.05) is 36.7 Å². The fourth-order valence-electron chi connectivity index (χ4n) is 4.18. The summed E-state index contributed by atoms with van der Waals surface area (Å²) in [5.74, 6) is -0.159. The lowest BCUT2D eigenvalue weighted by atomic mass is 10.1. The molecular weight excluding hydrogens is 471 g/mol. The van der Waals surface area contributed by atoms with E-state index in [4.69, 9.17) is 0 Å². The number of imidazole rings is 1. The standard InChI is InChI=1S/C22H24F3N5O3S/c1-28-18-17(19(32)29(2)21(28)33)30(11-13-6-5-7-14(10-13)22(23,24)25)20(27-18)34-12-16(31)26-15-8-3-4-9-15/h5-7,10,15H,3-4,8-9,11-12H2,1-2H3,(H,26,31). The molecule has 1 amide bonds. The van der Waals surface area contributed by atoms with Crippen molar-refractivity contribution in [3.63, 3.8) is 0 Å². The Kier molecular flexibility index (Phi) is 6.61. The summed E-state index contributed by atoms with van der Waals surface area (Å²) < 4.78 is 43.2. The fourth-order valence-corrected chi connectivity index (χ4v) is 4.99. The van der Waals surface area contributed by atoms with Crippen LogP contribution in [0.4, 0.5) is 13.2 Å². The average molecular weight is 496 g/mol. The van der Waals surface area contributed by atoms with E-state index in [-0.39, 0.29) is 40.6 Å². The quantitative estimate of drug-likeness (QED) is 0.531. The number of halogens is 3. The number of carbonyl (C=O) groups excluding carboxylic acids is 1. The minimum atomic E-state index is -4.51. The predicted octanol–water partition coefficient (Wildman–Crippen LogP) is 2.65. The molecule has 1 aliphatic carbocycles. The molecule has 1 aromatic carbocycles. The Morgan fingerprint density at radius 2 is 1.88 bits per heavy atom. The first-order valence-corrected chi connectivity index (χ1v) is 11.8. The van der Waals surface area contributed by atoms with Gasteiger partial charge < -0.3 is 9.88 Å². The van der Waals surface area contributed by atoms with Crippen molar-refractivity contribution < 1.29 is 18.0 Å². The van der Waals surface area contributed by atoms with Gasteiger partial charge in [0.25, 0.3) is 5.56 Å². The van der Waals surface area contributed by atoms with Crippen LogP contribution >= 0.6 is 11.8 Å². The molecule has 2 aromatic heterocycles. The Bertz CT molecular complexity index is 1350. The van der Waals surface area contributed by atoms with E-state index in [0.717, 1.165) is 54.1 Å². The molecule has 0 saturated heterocycles. The van der Waals surface area contributed by atoms with E-state index >= 15 is 0 Å². The first kappa shape index (κ1) is 24.1. The van der Waals surface area contributed by atoms with E-state index in [1.54, 1.807) is 0 Å². The highest BCUT2D eigenvalue weighted by Crippen LogP contribution is 2.30. The summed E-state index contributed by atoms with van der Waals surface area (Å²) in [7, 11) is 2.79. The van der Waals surface area contributed by atoms with Crippen LogP contribution in [0.1, 0.15) is 36.8 Å². The molecule has 0 aliphatic heterocycles. The van der Waals surface area contributed by atoms with Gasteiger partial charge in [-0.15, -0.1) is 0 Å². The molecule has 182 valence electrons. The zero-order valence-corrected chi connectivity index (χ0v) is 19.5. The van der Waals surface area contributed by atoms with E-state index in [0.29, 0.717) is 5.56 Å². The van der Waals surface area contributed by atoms with E-state index in [9.17, 15) is 27.6 Å². The number of nitrogens with one attached hydrogen (secondary N) is 1. The van der Waals surface area contributed by atoms with Crippen LogP contribution in [0.25, 0.3) is 11.2 Å². The van der Waals surface area contributed by atoms with Crippen molar-refractivity contribution in [2.75, 3.05) is 5.75 Å². The van der Waals surface area contributed by atoms with Crippen LogP contribution in [0.15, 0.2) is 39.0 Å². The molecule has 0 spiro atoms. The largest absolute Gasteiger partial charge is 0.416 e. The molecule has 1 N–H and O–H groups in total. The van der Waals surface area contributed by atoms with Gasteiger partial charge in [0.05, 0.1) is 17.9 Å². The zero-order chi connectivity index (χ0) is 24.6. The lowest BCUT2D eigenvalue weighted by Gasteiger charge is -2.13. The molecule has 12 heteroatoms. The molecule has 3 aromatic rings. The highest BCUT2D eigenvalue weighted by Gasteiger charge is 2.30. The van der Waals surface area contributed by atoms with Crippen LogP contribution in [0, 0.1) is 0 Å². The lowest BCUT2D eigenvalue weighted by molar-refractivity contribution is -0.137. The molecular formula is C22H24F3N5O3S. The maximum absolute atomic E-state index is 13.2. The smallest absolute Gasteiger partial charge is 0.353 e. The number of nitrogens with zero attached hydrogens (tertiary/aromatic N) is 4. The summed E-state index contributed by atoms with van der Waals surface area (Å²) in [6.45, 7) is -0.0829. The highest BCUT2D eigenvalue weighted by atomic mass is 32.2. The van der Waals surface area contributed by atoms with Crippen LogP contribution in [0.5, 0.6) is 0 Å². The number of thioether (sulfide) groups is 1. The minimum Gasteiger partial charge on any atom is -0.353 e. The van der Waals surface area contributed by atoms with Gasteiger partial charge in [0.1, 0.15) is 0 Å². The van der Waals surface area contributed by atoms with Crippen molar-refractivity contribution in [3.8, 4) is 0 Å². The second-order valence-electron chi connectivity index (χ2n) is 8.39. The second kappa shape index (κ2) is 9.32. The van der Waals surface area contributed by atoms with Crippen LogP contribution in [0.3, 0.4) is 0 Å². The van der Waals surface area contributed by atoms with Gasteiger partial charge in [-0.3, -0.25) is 18.7 Å². The number of aromatic nitrogens is 4. The molecule has 1 aliphatic rings. The van der Waals surface area contributed by atoms with Crippen molar-refractivity contribution in [2.45, 2.75) is 49.6 Å². The number of carbonyl (C=O) groups is 1. The maximum Gasteiger partial charge on any atom is 0.416 e. The van der Waals surface area contributed by atoms with Gasteiger partial charge in [-0.05, 0) is 30.5 Å². The van der Waals surface area contributed by atoms with Crippen molar-refractivity contribution in [2.24, 2.45) is 14.1 Å². The third-order valence-electron chi connectivity index (χ3n) is 5.96. The monoisotopic (exact) mass is 495 g/mol. The van der Waals surface area contributed by atoms with E-state index in [1.807, 2.05) is 0 Å². The molecule has 4 rings (SSSR count). The summed E-state index contributed by atoms with van der Waals surface area (Å²) in [4.78, 5) is 42.2. The molecule has 1 saturated carbocycles. The SMILES string of the molecule is Cn1c(=O)c2c(nc(SCC(=O)NC3CCCC3)n2Cc2cccc(C(F)(F)F)c2)n(C)c1=O. The van der Waals surface area contributed by atoms with Crippen LogP contribution in [0.2, 0.25) is 0 Å². The van der Waals surface area contributed by atoms with Crippen molar-refractivity contribution in [1.29, 1.82) is 0 Å². The van der Waals surface area contributed by atoms with Gasteiger partial charge in [0.15, 0.2) is 16.3 Å². The number of rotatable bonds is 6. The number of alkyl halides is 3. The fraction of sp³-hybridized carbons (Fsp3) is 0.455. The molecule has 34 heavy (non-hydrogen) atoms. The molecule has 2 heterocycles. The molecule has 0 bridgehead atoms. The third-order valence-corrected chi connectivity index (χ3v) is 6.94. The van der Waals surface area contributed by atoms with Gasteiger partial charge in [0, 0.05) is 20.1 Å².